The Labute approximate surface area is 170 Å². The first-order chi connectivity index (χ1) is 13.8. The monoisotopic (exact) mass is 416 g/mol. The molecule has 0 fully saturated rings. The summed E-state index contributed by atoms with van der Waals surface area (Å²) in [5.41, 5.74) is 1.84. The van der Waals surface area contributed by atoms with Gasteiger partial charge in [-0.3, -0.25) is 9.59 Å². The SMILES string of the molecule is CCOc1ccccc1NC(=O)[C@H](CCS(C)(=O)=O)N1Cc2ccccc2C1=O. The highest BCUT2D eigenvalue weighted by atomic mass is 32.2. The summed E-state index contributed by atoms with van der Waals surface area (Å²) in [6.07, 6.45) is 1.13. The average molecular weight is 416 g/mol. The van der Waals surface area contributed by atoms with E-state index >= 15 is 0 Å². The van der Waals surface area contributed by atoms with Crippen molar-refractivity contribution in [3.8, 4) is 5.75 Å². The number of amides is 2. The molecule has 0 spiro atoms. The van der Waals surface area contributed by atoms with E-state index in [1.807, 2.05) is 19.1 Å². The minimum atomic E-state index is -3.30. The quantitative estimate of drug-likeness (QED) is 0.714. The molecule has 29 heavy (non-hydrogen) atoms. The van der Waals surface area contributed by atoms with Gasteiger partial charge in [-0.25, -0.2) is 8.42 Å². The Morgan fingerprint density at radius 1 is 1.17 bits per heavy atom. The molecule has 0 saturated heterocycles. The van der Waals surface area contributed by atoms with Gasteiger partial charge in [-0.2, -0.15) is 0 Å². The van der Waals surface area contributed by atoms with E-state index in [1.54, 1.807) is 36.4 Å². The van der Waals surface area contributed by atoms with Crippen molar-refractivity contribution in [3.05, 3.63) is 59.7 Å². The molecule has 2 aromatic carbocycles. The van der Waals surface area contributed by atoms with E-state index in [0.29, 0.717) is 23.6 Å². The van der Waals surface area contributed by atoms with Crippen LogP contribution in [0.1, 0.15) is 29.3 Å². The third-order valence-corrected chi connectivity index (χ3v) is 5.71. The number of para-hydroxylation sites is 2. The number of ether oxygens (including phenoxy) is 1. The molecule has 0 saturated carbocycles. The van der Waals surface area contributed by atoms with Crippen LogP contribution in [0.4, 0.5) is 5.69 Å². The smallest absolute Gasteiger partial charge is 0.255 e. The average Bonchev–Trinajstić information content (AvgIpc) is 3.00. The first-order valence-electron chi connectivity index (χ1n) is 9.39. The fourth-order valence-electron chi connectivity index (χ4n) is 3.35. The van der Waals surface area contributed by atoms with Crippen molar-refractivity contribution in [1.29, 1.82) is 0 Å². The number of hydrogen-bond donors (Lipinski definition) is 1. The van der Waals surface area contributed by atoms with Crippen molar-refractivity contribution in [1.82, 2.24) is 4.90 Å². The zero-order chi connectivity index (χ0) is 21.0. The molecule has 1 N–H and O–H groups in total. The van der Waals surface area contributed by atoms with Gasteiger partial charge in [-0.05, 0) is 37.1 Å². The molecule has 154 valence electrons. The fraction of sp³-hybridized carbons (Fsp3) is 0.333. The molecule has 1 aliphatic rings. The number of carbonyl (C=O) groups excluding carboxylic acids is 2. The second-order valence-electron chi connectivity index (χ2n) is 6.94. The van der Waals surface area contributed by atoms with Crippen LogP contribution in [-0.2, 0) is 21.2 Å². The Hall–Kier alpha value is -2.87. The summed E-state index contributed by atoms with van der Waals surface area (Å²) in [7, 11) is -3.30. The van der Waals surface area contributed by atoms with Gasteiger partial charge in [0, 0.05) is 18.4 Å². The lowest BCUT2D eigenvalue weighted by atomic mass is 10.1. The lowest BCUT2D eigenvalue weighted by molar-refractivity contribution is -0.120. The standard InChI is InChI=1S/C21H24N2O5S/c1-3-28-19-11-7-6-10-17(19)22-20(24)18(12-13-29(2,26)27)23-14-15-8-4-5-9-16(15)21(23)25/h4-11,18H,3,12-14H2,1-2H3,(H,22,24)/t18-/m0/s1. The summed E-state index contributed by atoms with van der Waals surface area (Å²) in [5, 5.41) is 2.80. The van der Waals surface area contributed by atoms with Gasteiger partial charge < -0.3 is 15.0 Å². The molecule has 3 rings (SSSR count). The molecule has 1 aliphatic heterocycles. The predicted octanol–water partition coefficient (Wildman–Crippen LogP) is 2.48. The Balaban J connectivity index is 1.86. The van der Waals surface area contributed by atoms with Gasteiger partial charge >= 0.3 is 0 Å². The molecule has 7 nitrogen and oxygen atoms in total. The lowest BCUT2D eigenvalue weighted by Gasteiger charge is -2.27. The Bertz CT molecular complexity index is 1020. The molecule has 1 atom stereocenters. The number of rotatable bonds is 8. The molecular formula is C21H24N2O5S. The second-order valence-corrected chi connectivity index (χ2v) is 9.20. The van der Waals surface area contributed by atoms with E-state index in [1.165, 1.54) is 4.90 Å². The summed E-state index contributed by atoms with van der Waals surface area (Å²) in [4.78, 5) is 27.4. The van der Waals surface area contributed by atoms with Crippen LogP contribution in [-0.4, -0.2) is 49.8 Å². The number of hydrogen-bond acceptors (Lipinski definition) is 5. The number of benzene rings is 2. The number of nitrogens with zero attached hydrogens (tertiary/aromatic N) is 1. The largest absolute Gasteiger partial charge is 0.492 e. The van der Waals surface area contributed by atoms with E-state index in [0.717, 1.165) is 11.8 Å². The maximum absolute atomic E-state index is 13.1. The fourth-order valence-corrected chi connectivity index (χ4v) is 4.00. The van der Waals surface area contributed by atoms with Crippen LogP contribution in [0.25, 0.3) is 0 Å². The minimum Gasteiger partial charge on any atom is -0.492 e. The highest BCUT2D eigenvalue weighted by molar-refractivity contribution is 7.90. The van der Waals surface area contributed by atoms with Gasteiger partial charge in [0.15, 0.2) is 0 Å². The third kappa shape index (κ3) is 4.95. The molecule has 0 radical (unpaired) electrons. The molecule has 0 aromatic heterocycles. The number of anilines is 1. The van der Waals surface area contributed by atoms with Crippen molar-refractivity contribution in [2.45, 2.75) is 25.9 Å². The van der Waals surface area contributed by atoms with Crippen LogP contribution in [0, 0.1) is 0 Å². The van der Waals surface area contributed by atoms with Gasteiger partial charge in [0.25, 0.3) is 5.91 Å². The number of carbonyl (C=O) groups is 2. The Morgan fingerprint density at radius 2 is 1.86 bits per heavy atom. The Kier molecular flexibility index (Phi) is 6.22. The maximum Gasteiger partial charge on any atom is 0.255 e. The summed E-state index contributed by atoms with van der Waals surface area (Å²) >= 11 is 0. The molecule has 0 aliphatic carbocycles. The topological polar surface area (TPSA) is 92.8 Å². The zero-order valence-corrected chi connectivity index (χ0v) is 17.2. The molecule has 8 heteroatoms. The van der Waals surface area contributed by atoms with Gasteiger partial charge in [-0.15, -0.1) is 0 Å². The number of fused-ring (bicyclic) bond motifs is 1. The molecule has 1 heterocycles. The molecular weight excluding hydrogens is 392 g/mol. The van der Waals surface area contributed by atoms with Gasteiger partial charge in [0.05, 0.1) is 18.0 Å². The summed E-state index contributed by atoms with van der Waals surface area (Å²) < 4.78 is 29.0. The zero-order valence-electron chi connectivity index (χ0n) is 16.4. The van der Waals surface area contributed by atoms with Crippen LogP contribution in [0.3, 0.4) is 0 Å². The highest BCUT2D eigenvalue weighted by Gasteiger charge is 2.36. The number of sulfone groups is 1. The van der Waals surface area contributed by atoms with Crippen molar-refractivity contribution < 1.29 is 22.7 Å². The molecule has 0 unspecified atom stereocenters. The van der Waals surface area contributed by atoms with Crippen molar-refractivity contribution in [2.24, 2.45) is 0 Å². The lowest BCUT2D eigenvalue weighted by Crippen LogP contribution is -2.45. The Morgan fingerprint density at radius 3 is 2.55 bits per heavy atom. The van der Waals surface area contributed by atoms with Crippen LogP contribution in [0.5, 0.6) is 5.75 Å². The van der Waals surface area contributed by atoms with Crippen LogP contribution >= 0.6 is 0 Å². The maximum atomic E-state index is 13.1. The predicted molar refractivity (Wildman–Crippen MR) is 111 cm³/mol. The van der Waals surface area contributed by atoms with E-state index in [4.69, 9.17) is 4.74 Å². The van der Waals surface area contributed by atoms with E-state index in [-0.39, 0.29) is 24.6 Å². The first kappa shape index (κ1) is 20.9. The van der Waals surface area contributed by atoms with E-state index in [9.17, 15) is 18.0 Å². The van der Waals surface area contributed by atoms with E-state index < -0.39 is 21.8 Å². The van der Waals surface area contributed by atoms with Crippen LogP contribution in [0.15, 0.2) is 48.5 Å². The highest BCUT2D eigenvalue weighted by Crippen LogP contribution is 2.28. The van der Waals surface area contributed by atoms with E-state index in [2.05, 4.69) is 5.32 Å². The summed E-state index contributed by atoms with van der Waals surface area (Å²) in [6, 6.07) is 13.2. The molecule has 2 amide bonds. The normalized spacial score (nSPS) is 14.4. The number of nitrogens with one attached hydrogen (secondary N) is 1. The summed E-state index contributed by atoms with van der Waals surface area (Å²) in [5.74, 6) is -0.395. The molecule has 2 aromatic rings. The van der Waals surface area contributed by atoms with Crippen LogP contribution in [0.2, 0.25) is 0 Å². The van der Waals surface area contributed by atoms with Gasteiger partial charge in [-0.1, -0.05) is 30.3 Å². The van der Waals surface area contributed by atoms with Crippen molar-refractivity contribution in [3.63, 3.8) is 0 Å². The summed E-state index contributed by atoms with van der Waals surface area (Å²) in [6.45, 7) is 2.54. The second kappa shape index (κ2) is 8.65. The van der Waals surface area contributed by atoms with Gasteiger partial charge in [0.1, 0.15) is 21.6 Å². The molecule has 0 bridgehead atoms. The van der Waals surface area contributed by atoms with Crippen molar-refractivity contribution in [2.75, 3.05) is 23.9 Å². The minimum absolute atomic E-state index is 0.0151. The van der Waals surface area contributed by atoms with Crippen molar-refractivity contribution >= 4 is 27.3 Å². The van der Waals surface area contributed by atoms with Crippen LogP contribution < -0.4 is 10.1 Å². The first-order valence-corrected chi connectivity index (χ1v) is 11.5. The van der Waals surface area contributed by atoms with Gasteiger partial charge in [0.2, 0.25) is 5.91 Å². The third-order valence-electron chi connectivity index (χ3n) is 4.74.